The molecule has 0 heterocycles. The van der Waals surface area contributed by atoms with Crippen molar-refractivity contribution in [1.82, 2.24) is 4.72 Å². The molecule has 84 valence electrons. The fraction of sp³-hybridized carbons (Fsp3) is 0.455. The normalized spacial score (nSPS) is 13.9. The third-order valence-corrected chi connectivity index (χ3v) is 3.11. The van der Waals surface area contributed by atoms with Crippen molar-refractivity contribution in [3.05, 3.63) is 35.4 Å². The predicted octanol–water partition coefficient (Wildman–Crippen LogP) is 2.21. The van der Waals surface area contributed by atoms with Crippen molar-refractivity contribution in [3.63, 3.8) is 0 Å². The summed E-state index contributed by atoms with van der Waals surface area (Å²) >= 11 is -1.99. The summed E-state index contributed by atoms with van der Waals surface area (Å²) in [5.74, 6) is 0. The van der Waals surface area contributed by atoms with Gasteiger partial charge in [-0.1, -0.05) is 31.2 Å². The van der Waals surface area contributed by atoms with Gasteiger partial charge >= 0.3 is 0 Å². The minimum absolute atomic E-state index is 0.494. The summed E-state index contributed by atoms with van der Waals surface area (Å²) in [5, 5.41) is 0. The maximum absolute atomic E-state index is 10.7. The average molecular weight is 227 g/mol. The van der Waals surface area contributed by atoms with Crippen LogP contribution in [-0.4, -0.2) is 8.76 Å². The Kier molecular flexibility index (Phi) is 4.02. The van der Waals surface area contributed by atoms with Crippen LogP contribution in [0.1, 0.15) is 31.9 Å². The van der Waals surface area contributed by atoms with E-state index in [9.17, 15) is 4.21 Å². The van der Waals surface area contributed by atoms with Crippen LogP contribution in [-0.2, 0) is 23.2 Å². The lowest BCUT2D eigenvalue weighted by atomic mass is 9.94. The van der Waals surface area contributed by atoms with Gasteiger partial charge in [0, 0.05) is 0 Å². The second-order valence-corrected chi connectivity index (χ2v) is 4.73. The van der Waals surface area contributed by atoms with E-state index in [1.165, 1.54) is 5.56 Å². The number of benzene rings is 1. The molecule has 0 saturated carbocycles. The Hall–Kier alpha value is -0.710. The zero-order chi connectivity index (χ0) is 11.5. The largest absolute Gasteiger partial charge is 0.294 e. The maximum Gasteiger partial charge on any atom is 0.232 e. The molecule has 0 aromatic heterocycles. The lowest BCUT2D eigenvalue weighted by Gasteiger charge is -2.24. The van der Waals surface area contributed by atoms with E-state index >= 15 is 0 Å². The fourth-order valence-electron chi connectivity index (χ4n) is 1.43. The van der Waals surface area contributed by atoms with E-state index in [1.54, 1.807) is 0 Å². The molecule has 1 unspecified atom stereocenters. The van der Waals surface area contributed by atoms with Crippen LogP contribution in [0.2, 0.25) is 0 Å². The van der Waals surface area contributed by atoms with Crippen LogP contribution in [0.5, 0.6) is 0 Å². The van der Waals surface area contributed by atoms with E-state index in [2.05, 4.69) is 11.6 Å². The molecule has 0 saturated heterocycles. The first-order valence-corrected chi connectivity index (χ1v) is 6.04. The SMILES string of the molecule is CCc1ccc(C(C)(C)NS(=O)O)cc1. The minimum atomic E-state index is -1.99. The van der Waals surface area contributed by atoms with Gasteiger partial charge in [0.15, 0.2) is 0 Å². The van der Waals surface area contributed by atoms with E-state index in [0.717, 1.165) is 12.0 Å². The lowest BCUT2D eigenvalue weighted by Crippen LogP contribution is -2.37. The second kappa shape index (κ2) is 4.88. The van der Waals surface area contributed by atoms with Crippen molar-refractivity contribution < 1.29 is 8.76 Å². The second-order valence-electron chi connectivity index (χ2n) is 4.03. The van der Waals surface area contributed by atoms with Crippen molar-refractivity contribution in [1.29, 1.82) is 0 Å². The Bertz CT molecular complexity index is 346. The highest BCUT2D eigenvalue weighted by atomic mass is 32.2. The van der Waals surface area contributed by atoms with Crippen LogP contribution < -0.4 is 4.72 Å². The third kappa shape index (κ3) is 3.41. The van der Waals surface area contributed by atoms with Gasteiger partial charge in [0.2, 0.25) is 11.3 Å². The van der Waals surface area contributed by atoms with E-state index in [1.807, 2.05) is 38.1 Å². The molecule has 0 fully saturated rings. The Morgan fingerprint density at radius 2 is 1.87 bits per heavy atom. The zero-order valence-electron chi connectivity index (χ0n) is 9.28. The molecule has 0 aliphatic heterocycles. The fourth-order valence-corrected chi connectivity index (χ4v) is 1.99. The van der Waals surface area contributed by atoms with Crippen LogP contribution in [0.25, 0.3) is 0 Å². The summed E-state index contributed by atoms with van der Waals surface area (Å²) in [6.07, 6.45) is 1.00. The highest BCUT2D eigenvalue weighted by molar-refractivity contribution is 7.77. The molecule has 2 N–H and O–H groups in total. The molecule has 0 aliphatic rings. The van der Waals surface area contributed by atoms with Crippen LogP contribution in [0.15, 0.2) is 24.3 Å². The molecule has 1 rings (SSSR count). The van der Waals surface area contributed by atoms with Crippen molar-refractivity contribution in [3.8, 4) is 0 Å². The molecule has 0 bridgehead atoms. The van der Waals surface area contributed by atoms with Crippen molar-refractivity contribution in [2.75, 3.05) is 0 Å². The van der Waals surface area contributed by atoms with E-state index in [0.29, 0.717) is 0 Å². The number of rotatable bonds is 4. The average Bonchev–Trinajstić information content (AvgIpc) is 2.16. The first-order chi connectivity index (χ1) is 6.95. The molecule has 0 aliphatic carbocycles. The number of nitrogens with one attached hydrogen (secondary N) is 1. The lowest BCUT2D eigenvalue weighted by molar-refractivity contribution is 0.459. The molecule has 0 spiro atoms. The molecule has 15 heavy (non-hydrogen) atoms. The smallest absolute Gasteiger partial charge is 0.232 e. The number of hydrogen-bond acceptors (Lipinski definition) is 1. The topological polar surface area (TPSA) is 49.3 Å². The third-order valence-electron chi connectivity index (χ3n) is 2.43. The van der Waals surface area contributed by atoms with Crippen LogP contribution in [0.4, 0.5) is 0 Å². The first-order valence-electron chi connectivity index (χ1n) is 4.94. The summed E-state index contributed by atoms with van der Waals surface area (Å²) in [6, 6.07) is 8.05. The molecular weight excluding hydrogens is 210 g/mol. The Balaban J connectivity index is 2.89. The van der Waals surface area contributed by atoms with Gasteiger partial charge in [-0.2, -0.15) is 0 Å². The van der Waals surface area contributed by atoms with E-state index in [4.69, 9.17) is 4.55 Å². The van der Waals surface area contributed by atoms with Crippen molar-refractivity contribution in [2.45, 2.75) is 32.7 Å². The first kappa shape index (κ1) is 12.4. The van der Waals surface area contributed by atoms with Gasteiger partial charge in [-0.3, -0.25) is 4.55 Å². The molecule has 0 radical (unpaired) electrons. The Morgan fingerprint density at radius 3 is 2.27 bits per heavy atom. The molecule has 0 amide bonds. The zero-order valence-corrected chi connectivity index (χ0v) is 10.1. The van der Waals surface area contributed by atoms with Gasteiger partial charge < -0.3 is 0 Å². The molecule has 4 heteroatoms. The van der Waals surface area contributed by atoms with Gasteiger partial charge in [0.05, 0.1) is 5.54 Å². The van der Waals surface area contributed by atoms with Gasteiger partial charge in [-0.25, -0.2) is 8.93 Å². The monoisotopic (exact) mass is 227 g/mol. The van der Waals surface area contributed by atoms with Gasteiger partial charge in [0.1, 0.15) is 0 Å². The number of aryl methyl sites for hydroxylation is 1. The minimum Gasteiger partial charge on any atom is -0.294 e. The summed E-state index contributed by atoms with van der Waals surface area (Å²) in [4.78, 5) is 0. The van der Waals surface area contributed by atoms with E-state index in [-0.39, 0.29) is 0 Å². The Morgan fingerprint density at radius 1 is 1.33 bits per heavy atom. The highest BCUT2D eigenvalue weighted by Gasteiger charge is 2.21. The van der Waals surface area contributed by atoms with Crippen LogP contribution in [0, 0.1) is 0 Å². The molecule has 3 nitrogen and oxygen atoms in total. The van der Waals surface area contributed by atoms with E-state index < -0.39 is 16.8 Å². The standard InChI is InChI=1S/C11H17NO2S/c1-4-9-5-7-10(8-6-9)11(2,3)12-15(13)14/h5-8,12H,4H2,1-3H3,(H,13,14). The van der Waals surface area contributed by atoms with Crippen molar-refractivity contribution >= 4 is 11.3 Å². The predicted molar refractivity (Wildman–Crippen MR) is 62.8 cm³/mol. The van der Waals surface area contributed by atoms with Gasteiger partial charge in [-0.15, -0.1) is 0 Å². The Labute approximate surface area is 93.3 Å². The molecule has 1 atom stereocenters. The molecular formula is C11H17NO2S. The summed E-state index contributed by atoms with van der Waals surface area (Å²) in [5.41, 5.74) is 1.77. The molecule has 1 aromatic carbocycles. The summed E-state index contributed by atoms with van der Waals surface area (Å²) in [7, 11) is 0. The van der Waals surface area contributed by atoms with Crippen LogP contribution in [0.3, 0.4) is 0 Å². The van der Waals surface area contributed by atoms with Crippen LogP contribution >= 0.6 is 0 Å². The summed E-state index contributed by atoms with van der Waals surface area (Å²) < 4.78 is 22.1. The van der Waals surface area contributed by atoms with Crippen molar-refractivity contribution in [2.24, 2.45) is 0 Å². The number of hydrogen-bond donors (Lipinski definition) is 2. The maximum atomic E-state index is 10.7. The van der Waals surface area contributed by atoms with Gasteiger partial charge in [-0.05, 0) is 31.4 Å². The highest BCUT2D eigenvalue weighted by Crippen LogP contribution is 2.20. The quantitative estimate of drug-likeness (QED) is 0.775. The molecule has 1 aromatic rings. The van der Waals surface area contributed by atoms with Gasteiger partial charge in [0.25, 0.3) is 0 Å². The summed E-state index contributed by atoms with van der Waals surface area (Å²) in [6.45, 7) is 5.85.